The lowest BCUT2D eigenvalue weighted by Crippen LogP contribution is -2.12. The van der Waals surface area contributed by atoms with Crippen LogP contribution in [0.1, 0.15) is 33.1 Å². The van der Waals surface area contributed by atoms with Crippen molar-refractivity contribution in [3.05, 3.63) is 0 Å². The van der Waals surface area contributed by atoms with Crippen molar-refractivity contribution < 1.29 is 14.2 Å². The van der Waals surface area contributed by atoms with Crippen LogP contribution in [0.4, 0.5) is 0 Å². The Bertz CT molecular complexity index is 146. The largest absolute Gasteiger partial charge is 0.379 e. The van der Waals surface area contributed by atoms with E-state index in [0.717, 1.165) is 13.2 Å². The van der Waals surface area contributed by atoms with Crippen LogP contribution in [-0.2, 0) is 14.2 Å². The number of ether oxygens (including phenoxy) is 3. The van der Waals surface area contributed by atoms with Crippen LogP contribution in [0.3, 0.4) is 0 Å². The Morgan fingerprint density at radius 3 is 2.40 bits per heavy atom. The molecule has 0 heterocycles. The Morgan fingerprint density at radius 2 is 1.73 bits per heavy atom. The third-order valence-electron chi connectivity index (χ3n) is 2.58. The molecule has 0 aliphatic heterocycles. The van der Waals surface area contributed by atoms with E-state index in [4.69, 9.17) is 14.2 Å². The Kier molecular flexibility index (Phi) is 6.98. The fraction of sp³-hybridized carbons (Fsp3) is 1.00. The first kappa shape index (κ1) is 12.9. The lowest BCUT2D eigenvalue weighted by Gasteiger charge is -2.09. The van der Waals surface area contributed by atoms with Gasteiger partial charge < -0.3 is 14.2 Å². The summed E-state index contributed by atoms with van der Waals surface area (Å²) in [7, 11) is 0. The van der Waals surface area contributed by atoms with Gasteiger partial charge in [-0.05, 0) is 18.8 Å². The molecule has 0 aromatic rings. The highest BCUT2D eigenvalue weighted by atomic mass is 16.5. The van der Waals surface area contributed by atoms with Crippen LogP contribution in [0.5, 0.6) is 0 Å². The van der Waals surface area contributed by atoms with Gasteiger partial charge >= 0.3 is 0 Å². The molecule has 0 aromatic carbocycles. The van der Waals surface area contributed by atoms with Crippen LogP contribution in [0, 0.1) is 5.92 Å². The molecule has 0 amide bonds. The van der Waals surface area contributed by atoms with E-state index < -0.39 is 0 Å². The van der Waals surface area contributed by atoms with Gasteiger partial charge in [0, 0.05) is 6.61 Å². The van der Waals surface area contributed by atoms with Crippen LogP contribution in [0.15, 0.2) is 0 Å². The van der Waals surface area contributed by atoms with Crippen LogP contribution in [0.25, 0.3) is 0 Å². The van der Waals surface area contributed by atoms with Crippen LogP contribution >= 0.6 is 0 Å². The van der Waals surface area contributed by atoms with Gasteiger partial charge in [-0.2, -0.15) is 0 Å². The van der Waals surface area contributed by atoms with E-state index in [-0.39, 0.29) is 0 Å². The van der Waals surface area contributed by atoms with Gasteiger partial charge in [-0.15, -0.1) is 0 Å². The molecular formula is C12H24O3. The molecule has 1 atom stereocenters. The summed E-state index contributed by atoms with van der Waals surface area (Å²) in [6.45, 7) is 8.04. The van der Waals surface area contributed by atoms with E-state index in [0.29, 0.717) is 31.8 Å². The third kappa shape index (κ3) is 7.77. The molecule has 90 valence electrons. The monoisotopic (exact) mass is 216 g/mol. The Balaban J connectivity index is 1.68. The van der Waals surface area contributed by atoms with Crippen LogP contribution in [0.2, 0.25) is 0 Å². The Labute approximate surface area is 93.1 Å². The summed E-state index contributed by atoms with van der Waals surface area (Å²) in [4.78, 5) is 0. The van der Waals surface area contributed by atoms with Gasteiger partial charge in [0.2, 0.25) is 0 Å². The van der Waals surface area contributed by atoms with Crippen molar-refractivity contribution in [1.82, 2.24) is 0 Å². The second-order valence-electron chi connectivity index (χ2n) is 4.27. The second-order valence-corrected chi connectivity index (χ2v) is 4.27. The van der Waals surface area contributed by atoms with Gasteiger partial charge in [0.1, 0.15) is 0 Å². The normalized spacial score (nSPS) is 18.0. The quantitative estimate of drug-likeness (QED) is 0.524. The highest BCUT2D eigenvalue weighted by Gasteiger charge is 2.21. The third-order valence-corrected chi connectivity index (χ3v) is 2.58. The predicted molar refractivity (Wildman–Crippen MR) is 60.1 cm³/mol. The average molecular weight is 216 g/mol. The fourth-order valence-electron chi connectivity index (χ4n) is 1.13. The zero-order valence-corrected chi connectivity index (χ0v) is 10.0. The molecule has 0 N–H and O–H groups in total. The minimum Gasteiger partial charge on any atom is -0.379 e. The van der Waals surface area contributed by atoms with Crippen molar-refractivity contribution in [1.29, 1.82) is 0 Å². The molecule has 0 bridgehead atoms. The minimum absolute atomic E-state index is 0.537. The van der Waals surface area contributed by atoms with Gasteiger partial charge in [0.25, 0.3) is 0 Å². The summed E-state index contributed by atoms with van der Waals surface area (Å²) >= 11 is 0. The molecule has 0 aromatic heterocycles. The number of rotatable bonds is 10. The van der Waals surface area contributed by atoms with Gasteiger partial charge in [-0.25, -0.2) is 0 Å². The molecule has 15 heavy (non-hydrogen) atoms. The van der Waals surface area contributed by atoms with Crippen molar-refractivity contribution in [3.8, 4) is 0 Å². The maximum Gasteiger partial charge on any atom is 0.0704 e. The molecule has 0 saturated heterocycles. The standard InChI is InChI=1S/C12H24O3/c1-3-11(2)10-14-7-6-13-8-9-15-12-4-5-12/h11-12H,3-10H2,1-2H3. The average Bonchev–Trinajstić information content (AvgIpc) is 3.05. The SMILES string of the molecule is CCC(C)COCCOCCOC1CC1. The summed E-state index contributed by atoms with van der Waals surface area (Å²) < 4.78 is 16.3. The van der Waals surface area contributed by atoms with Gasteiger partial charge in [0.15, 0.2) is 0 Å². The summed E-state index contributed by atoms with van der Waals surface area (Å²) in [6.07, 6.45) is 4.18. The van der Waals surface area contributed by atoms with Gasteiger partial charge in [-0.1, -0.05) is 20.3 Å². The highest BCUT2D eigenvalue weighted by molar-refractivity contribution is 4.72. The lowest BCUT2D eigenvalue weighted by molar-refractivity contribution is 0.00482. The molecule has 0 spiro atoms. The second kappa shape index (κ2) is 8.08. The van der Waals surface area contributed by atoms with Crippen molar-refractivity contribution in [2.24, 2.45) is 5.92 Å². The first-order valence-corrected chi connectivity index (χ1v) is 6.10. The van der Waals surface area contributed by atoms with E-state index in [1.807, 2.05) is 0 Å². The summed E-state index contributed by atoms with van der Waals surface area (Å²) in [6, 6.07) is 0. The molecule has 3 heteroatoms. The number of hydrogen-bond donors (Lipinski definition) is 0. The summed E-state index contributed by atoms with van der Waals surface area (Å²) in [5.41, 5.74) is 0. The molecule has 0 radical (unpaired) electrons. The fourth-order valence-corrected chi connectivity index (χ4v) is 1.13. The zero-order chi connectivity index (χ0) is 10.9. The minimum atomic E-state index is 0.537. The maximum absolute atomic E-state index is 5.46. The van der Waals surface area contributed by atoms with Crippen molar-refractivity contribution in [3.63, 3.8) is 0 Å². The first-order chi connectivity index (χ1) is 7.33. The zero-order valence-electron chi connectivity index (χ0n) is 10.0. The molecule has 1 fully saturated rings. The molecule has 1 rings (SSSR count). The molecule has 1 unspecified atom stereocenters. The first-order valence-electron chi connectivity index (χ1n) is 6.10. The van der Waals surface area contributed by atoms with Crippen LogP contribution < -0.4 is 0 Å². The maximum atomic E-state index is 5.46. The van der Waals surface area contributed by atoms with Gasteiger partial charge in [0.05, 0.1) is 32.5 Å². The van der Waals surface area contributed by atoms with Gasteiger partial charge in [-0.3, -0.25) is 0 Å². The Morgan fingerprint density at radius 1 is 1.07 bits per heavy atom. The topological polar surface area (TPSA) is 27.7 Å². The molecule has 3 nitrogen and oxygen atoms in total. The van der Waals surface area contributed by atoms with Crippen molar-refractivity contribution in [2.45, 2.75) is 39.2 Å². The number of hydrogen-bond acceptors (Lipinski definition) is 3. The molecule has 1 saturated carbocycles. The lowest BCUT2D eigenvalue weighted by atomic mass is 10.1. The van der Waals surface area contributed by atoms with E-state index in [2.05, 4.69) is 13.8 Å². The van der Waals surface area contributed by atoms with Crippen LogP contribution in [-0.4, -0.2) is 39.1 Å². The molecular weight excluding hydrogens is 192 g/mol. The van der Waals surface area contributed by atoms with Crippen molar-refractivity contribution in [2.75, 3.05) is 33.0 Å². The van der Waals surface area contributed by atoms with E-state index in [1.165, 1.54) is 19.3 Å². The highest BCUT2D eigenvalue weighted by Crippen LogP contribution is 2.22. The predicted octanol–water partition coefficient (Wildman–Crippen LogP) is 2.24. The van der Waals surface area contributed by atoms with E-state index >= 15 is 0 Å². The van der Waals surface area contributed by atoms with E-state index in [1.54, 1.807) is 0 Å². The smallest absolute Gasteiger partial charge is 0.0704 e. The molecule has 1 aliphatic rings. The van der Waals surface area contributed by atoms with Crippen molar-refractivity contribution >= 4 is 0 Å². The molecule has 1 aliphatic carbocycles. The summed E-state index contributed by atoms with van der Waals surface area (Å²) in [5, 5.41) is 0. The Hall–Kier alpha value is -0.120. The van der Waals surface area contributed by atoms with E-state index in [9.17, 15) is 0 Å². The summed E-state index contributed by atoms with van der Waals surface area (Å²) in [5.74, 6) is 0.656.